The summed E-state index contributed by atoms with van der Waals surface area (Å²) in [5.74, 6) is -0.977. The van der Waals surface area contributed by atoms with Crippen LogP contribution in [-0.4, -0.2) is 29.5 Å². The summed E-state index contributed by atoms with van der Waals surface area (Å²) in [5, 5.41) is 13.8. The van der Waals surface area contributed by atoms with E-state index in [-0.39, 0.29) is 22.4 Å². The standard InChI is InChI=1S/C32H34FN3O4/c1-18-13-23(30-24(14-18)28(38)19(2)31(40-30)36-11-8-32(4,5)9-12-36)20(3)35-26-7-6-10-34-27(26)21-15-22(17-37)29(39)25(33)16-21/h6-7,10,13-17,20,35,39H,8-9,11-12H2,1-5H3/t20-/m1/s1. The molecular formula is C32H34FN3O4. The van der Waals surface area contributed by atoms with E-state index in [0.29, 0.717) is 45.6 Å². The zero-order chi connectivity index (χ0) is 28.8. The summed E-state index contributed by atoms with van der Waals surface area (Å²) in [7, 11) is 0. The summed E-state index contributed by atoms with van der Waals surface area (Å²) in [4.78, 5) is 31.6. The number of hydrogen-bond donors (Lipinski definition) is 2. The van der Waals surface area contributed by atoms with Crippen molar-refractivity contribution in [3.63, 3.8) is 0 Å². The molecule has 1 atom stereocenters. The number of halogens is 1. The highest BCUT2D eigenvalue weighted by atomic mass is 19.1. The van der Waals surface area contributed by atoms with Crippen LogP contribution in [-0.2, 0) is 0 Å². The third kappa shape index (κ3) is 5.06. The molecule has 0 unspecified atom stereocenters. The lowest BCUT2D eigenvalue weighted by Gasteiger charge is -2.37. The SMILES string of the molecule is Cc1cc([C@@H](C)Nc2cccnc2-c2cc(F)c(O)c(C=O)c2)c2oc(N3CCC(C)(C)CC3)c(C)c(=O)c2c1. The molecule has 8 heteroatoms. The van der Waals surface area contributed by atoms with E-state index >= 15 is 0 Å². The maximum absolute atomic E-state index is 14.4. The average Bonchev–Trinajstić information content (AvgIpc) is 2.92. The van der Waals surface area contributed by atoms with Crippen LogP contribution in [0.4, 0.5) is 16.0 Å². The Morgan fingerprint density at radius 2 is 1.90 bits per heavy atom. The zero-order valence-electron chi connectivity index (χ0n) is 23.5. The lowest BCUT2D eigenvalue weighted by Crippen LogP contribution is -2.38. The summed E-state index contributed by atoms with van der Waals surface area (Å²) in [6.07, 6.45) is 4.01. The monoisotopic (exact) mass is 543 g/mol. The van der Waals surface area contributed by atoms with Crippen molar-refractivity contribution in [1.82, 2.24) is 4.98 Å². The molecule has 208 valence electrons. The Hall–Kier alpha value is -4.20. The first-order valence-electron chi connectivity index (χ1n) is 13.5. The van der Waals surface area contributed by atoms with E-state index in [2.05, 4.69) is 29.0 Å². The molecule has 1 saturated heterocycles. The number of aromatic hydroxyl groups is 1. The molecule has 40 heavy (non-hydrogen) atoms. The van der Waals surface area contributed by atoms with Crippen molar-refractivity contribution in [2.45, 2.75) is 53.5 Å². The predicted octanol–water partition coefficient (Wildman–Crippen LogP) is 6.93. The second kappa shape index (κ2) is 10.4. The number of carbonyl (C=O) groups excluding carboxylic acids is 1. The van der Waals surface area contributed by atoms with Crippen molar-refractivity contribution >= 4 is 28.8 Å². The van der Waals surface area contributed by atoms with E-state index < -0.39 is 11.6 Å². The van der Waals surface area contributed by atoms with Crippen LogP contribution in [0.1, 0.15) is 66.7 Å². The normalized spacial score (nSPS) is 15.7. The van der Waals surface area contributed by atoms with Crippen LogP contribution >= 0.6 is 0 Å². The van der Waals surface area contributed by atoms with Crippen molar-refractivity contribution in [2.75, 3.05) is 23.3 Å². The van der Waals surface area contributed by atoms with Gasteiger partial charge in [-0.25, -0.2) is 4.39 Å². The molecule has 0 saturated carbocycles. The predicted molar refractivity (Wildman–Crippen MR) is 156 cm³/mol. The number of phenolic OH excluding ortho intramolecular Hbond substituents is 1. The van der Waals surface area contributed by atoms with Gasteiger partial charge in [0.05, 0.1) is 33.9 Å². The van der Waals surface area contributed by atoms with Crippen LogP contribution in [0.15, 0.2) is 51.8 Å². The fourth-order valence-electron chi connectivity index (χ4n) is 5.40. The number of pyridine rings is 1. The topological polar surface area (TPSA) is 95.7 Å². The Labute approximate surface area is 232 Å². The minimum atomic E-state index is -0.903. The van der Waals surface area contributed by atoms with Crippen molar-refractivity contribution < 1.29 is 18.7 Å². The van der Waals surface area contributed by atoms with Gasteiger partial charge in [-0.2, -0.15) is 0 Å². The maximum atomic E-state index is 14.4. The van der Waals surface area contributed by atoms with Crippen LogP contribution in [0.5, 0.6) is 5.75 Å². The van der Waals surface area contributed by atoms with Gasteiger partial charge < -0.3 is 19.7 Å². The smallest absolute Gasteiger partial charge is 0.202 e. The molecular weight excluding hydrogens is 509 g/mol. The zero-order valence-corrected chi connectivity index (χ0v) is 23.5. The van der Waals surface area contributed by atoms with Gasteiger partial charge in [0.2, 0.25) is 5.88 Å². The molecule has 3 heterocycles. The van der Waals surface area contributed by atoms with Crippen molar-refractivity contribution in [2.24, 2.45) is 5.41 Å². The maximum Gasteiger partial charge on any atom is 0.202 e. The molecule has 7 nitrogen and oxygen atoms in total. The average molecular weight is 544 g/mol. The van der Waals surface area contributed by atoms with Crippen molar-refractivity contribution in [3.8, 4) is 17.0 Å². The molecule has 5 rings (SSSR count). The molecule has 2 N–H and O–H groups in total. The Balaban J connectivity index is 1.57. The molecule has 4 aromatic rings. The highest BCUT2D eigenvalue weighted by molar-refractivity contribution is 5.86. The number of anilines is 2. The lowest BCUT2D eigenvalue weighted by molar-refractivity contribution is 0.112. The number of hydrogen-bond acceptors (Lipinski definition) is 7. The number of nitrogens with one attached hydrogen (secondary N) is 1. The van der Waals surface area contributed by atoms with Crippen LogP contribution in [0.3, 0.4) is 0 Å². The summed E-state index contributed by atoms with van der Waals surface area (Å²) < 4.78 is 20.9. The number of aromatic nitrogens is 1. The third-order valence-electron chi connectivity index (χ3n) is 7.91. The van der Waals surface area contributed by atoms with Gasteiger partial charge in [-0.05, 0) is 74.9 Å². The van der Waals surface area contributed by atoms with E-state index in [1.165, 1.54) is 6.07 Å². The van der Waals surface area contributed by atoms with Gasteiger partial charge in [-0.3, -0.25) is 14.6 Å². The number of piperidine rings is 1. The first kappa shape index (κ1) is 27.4. The number of benzene rings is 2. The molecule has 2 aromatic carbocycles. The first-order valence-corrected chi connectivity index (χ1v) is 13.5. The van der Waals surface area contributed by atoms with Gasteiger partial charge in [0, 0.05) is 30.4 Å². The Morgan fingerprint density at radius 1 is 1.18 bits per heavy atom. The molecule has 0 bridgehead atoms. The van der Waals surface area contributed by atoms with Crippen LogP contribution in [0, 0.1) is 25.1 Å². The van der Waals surface area contributed by atoms with Gasteiger partial charge in [0.25, 0.3) is 0 Å². The van der Waals surface area contributed by atoms with E-state index in [0.717, 1.165) is 43.1 Å². The van der Waals surface area contributed by atoms with Gasteiger partial charge in [0.1, 0.15) is 5.58 Å². The second-order valence-electron chi connectivity index (χ2n) is 11.5. The molecule has 0 aliphatic carbocycles. The molecule has 0 amide bonds. The van der Waals surface area contributed by atoms with E-state index in [9.17, 15) is 19.1 Å². The minimum Gasteiger partial charge on any atom is -0.504 e. The molecule has 1 aliphatic heterocycles. The molecule has 0 spiro atoms. The number of carbonyl (C=O) groups is 1. The van der Waals surface area contributed by atoms with E-state index in [1.807, 2.05) is 39.0 Å². The summed E-state index contributed by atoms with van der Waals surface area (Å²) in [6.45, 7) is 11.9. The Bertz CT molecular complexity index is 1670. The number of phenols is 1. The van der Waals surface area contributed by atoms with Gasteiger partial charge >= 0.3 is 0 Å². The van der Waals surface area contributed by atoms with Gasteiger partial charge in [0.15, 0.2) is 23.3 Å². The van der Waals surface area contributed by atoms with Gasteiger partial charge in [-0.1, -0.05) is 19.9 Å². The molecule has 1 aliphatic rings. The molecule has 0 radical (unpaired) electrons. The van der Waals surface area contributed by atoms with Crippen LogP contribution < -0.4 is 15.6 Å². The van der Waals surface area contributed by atoms with Crippen molar-refractivity contribution in [3.05, 3.63) is 80.9 Å². The van der Waals surface area contributed by atoms with Crippen LogP contribution in [0.25, 0.3) is 22.2 Å². The largest absolute Gasteiger partial charge is 0.504 e. The summed E-state index contributed by atoms with van der Waals surface area (Å²) in [5.41, 5.74) is 4.31. The highest BCUT2D eigenvalue weighted by Crippen LogP contribution is 2.37. The lowest BCUT2D eigenvalue weighted by atomic mass is 9.82. The molecule has 1 fully saturated rings. The van der Waals surface area contributed by atoms with Gasteiger partial charge in [-0.15, -0.1) is 0 Å². The number of aldehydes is 1. The third-order valence-corrected chi connectivity index (χ3v) is 7.91. The second-order valence-corrected chi connectivity index (χ2v) is 11.5. The highest BCUT2D eigenvalue weighted by Gasteiger charge is 2.29. The molecule has 2 aromatic heterocycles. The first-order chi connectivity index (χ1) is 19.0. The number of aryl methyl sites for hydroxylation is 1. The quantitative estimate of drug-likeness (QED) is 0.255. The number of rotatable bonds is 6. The minimum absolute atomic E-state index is 0.0405. The van der Waals surface area contributed by atoms with E-state index in [4.69, 9.17) is 4.42 Å². The number of nitrogens with zero attached hydrogens (tertiary/aromatic N) is 2. The van der Waals surface area contributed by atoms with Crippen molar-refractivity contribution in [1.29, 1.82) is 0 Å². The Kier molecular flexibility index (Phi) is 7.12. The fourth-order valence-corrected chi connectivity index (χ4v) is 5.40. The van der Waals surface area contributed by atoms with Crippen LogP contribution in [0.2, 0.25) is 0 Å². The number of fused-ring (bicyclic) bond motifs is 1. The summed E-state index contributed by atoms with van der Waals surface area (Å²) in [6, 6.07) is 9.66. The summed E-state index contributed by atoms with van der Waals surface area (Å²) >= 11 is 0. The fraction of sp³-hybridized carbons (Fsp3) is 0.344. The van der Waals surface area contributed by atoms with E-state index in [1.54, 1.807) is 12.3 Å². The Morgan fingerprint density at radius 3 is 2.60 bits per heavy atom.